The monoisotopic (exact) mass is 321 g/mol. The molecule has 0 aliphatic rings. The number of ether oxygens (including phenoxy) is 1. The smallest absolute Gasteiger partial charge is 0.228 e. The van der Waals surface area contributed by atoms with Gasteiger partial charge in [0.15, 0.2) is 0 Å². The number of nitrogens with zero attached hydrogens (tertiary/aromatic N) is 3. The fourth-order valence-corrected chi connectivity index (χ4v) is 2.29. The maximum atomic E-state index is 8.99. The summed E-state index contributed by atoms with van der Waals surface area (Å²) in [7, 11) is 1.82. The van der Waals surface area contributed by atoms with Gasteiger partial charge in [0.25, 0.3) is 0 Å². The topological polar surface area (TPSA) is 58.5 Å². The van der Waals surface area contributed by atoms with E-state index < -0.39 is 0 Å². The molecule has 0 spiro atoms. The van der Waals surface area contributed by atoms with E-state index in [1.165, 1.54) is 5.56 Å². The Labute approximate surface area is 141 Å². The molecule has 1 aromatic heterocycles. The molecule has 0 amide bonds. The van der Waals surface area contributed by atoms with Crippen molar-refractivity contribution in [3.05, 3.63) is 66.9 Å². The third-order valence-corrected chi connectivity index (χ3v) is 3.58. The Bertz CT molecular complexity index is 776. The number of aliphatic hydroxyl groups excluding tert-OH is 1. The highest BCUT2D eigenvalue weighted by Crippen LogP contribution is 2.25. The molecule has 0 fully saturated rings. The summed E-state index contributed by atoms with van der Waals surface area (Å²) in [5.74, 6) is 1.70. The first-order chi connectivity index (χ1) is 11.8. The number of anilines is 1. The molecular formula is C19H19N3O2. The van der Waals surface area contributed by atoms with Gasteiger partial charge in [0.1, 0.15) is 5.75 Å². The van der Waals surface area contributed by atoms with Gasteiger partial charge < -0.3 is 14.7 Å². The van der Waals surface area contributed by atoms with Crippen LogP contribution in [0, 0.1) is 0 Å². The summed E-state index contributed by atoms with van der Waals surface area (Å²) < 4.78 is 5.80. The molecule has 0 saturated heterocycles. The first-order valence-electron chi connectivity index (χ1n) is 7.74. The van der Waals surface area contributed by atoms with Gasteiger partial charge in [-0.05, 0) is 23.3 Å². The zero-order valence-electron chi connectivity index (χ0n) is 13.5. The van der Waals surface area contributed by atoms with Gasteiger partial charge in [-0.25, -0.2) is 4.98 Å². The molecule has 0 aliphatic heterocycles. The van der Waals surface area contributed by atoms with Crippen molar-refractivity contribution in [2.45, 2.75) is 0 Å². The molecule has 122 valence electrons. The molecule has 0 unspecified atom stereocenters. The van der Waals surface area contributed by atoms with Crippen molar-refractivity contribution >= 4 is 5.95 Å². The summed E-state index contributed by atoms with van der Waals surface area (Å²) in [5.41, 5.74) is 2.30. The zero-order valence-corrected chi connectivity index (χ0v) is 13.5. The SMILES string of the molecule is CN(CCO)c1nccc(Oc2ccc(-c3ccccc3)cc2)n1. The van der Waals surface area contributed by atoms with Crippen molar-refractivity contribution < 1.29 is 9.84 Å². The van der Waals surface area contributed by atoms with E-state index in [1.807, 2.05) is 49.5 Å². The highest BCUT2D eigenvalue weighted by molar-refractivity contribution is 5.64. The Hall–Kier alpha value is -2.92. The summed E-state index contributed by atoms with van der Waals surface area (Å²) in [6.45, 7) is 0.515. The molecule has 0 radical (unpaired) electrons. The second-order valence-electron chi connectivity index (χ2n) is 5.33. The van der Waals surface area contributed by atoms with E-state index in [9.17, 15) is 0 Å². The van der Waals surface area contributed by atoms with Crippen LogP contribution in [0.4, 0.5) is 5.95 Å². The van der Waals surface area contributed by atoms with Gasteiger partial charge in [-0.15, -0.1) is 0 Å². The number of rotatable bonds is 6. The number of benzene rings is 2. The third kappa shape index (κ3) is 3.88. The highest BCUT2D eigenvalue weighted by atomic mass is 16.5. The quantitative estimate of drug-likeness (QED) is 0.754. The predicted molar refractivity (Wildman–Crippen MR) is 94.3 cm³/mol. The fraction of sp³-hybridized carbons (Fsp3) is 0.158. The zero-order chi connectivity index (χ0) is 16.8. The van der Waals surface area contributed by atoms with Crippen molar-refractivity contribution in [2.24, 2.45) is 0 Å². The maximum Gasteiger partial charge on any atom is 0.228 e. The summed E-state index contributed by atoms with van der Waals surface area (Å²) in [6, 6.07) is 19.8. The minimum atomic E-state index is 0.0475. The van der Waals surface area contributed by atoms with E-state index in [0.29, 0.717) is 24.1 Å². The average molecular weight is 321 g/mol. The molecule has 0 saturated carbocycles. The van der Waals surface area contributed by atoms with Crippen LogP contribution in [0.3, 0.4) is 0 Å². The Morgan fingerprint density at radius 2 is 1.67 bits per heavy atom. The van der Waals surface area contributed by atoms with E-state index in [2.05, 4.69) is 22.1 Å². The Morgan fingerprint density at radius 3 is 2.38 bits per heavy atom. The summed E-state index contributed by atoms with van der Waals surface area (Å²) in [6.07, 6.45) is 1.64. The molecule has 3 aromatic rings. The van der Waals surface area contributed by atoms with Crippen LogP contribution in [0.25, 0.3) is 11.1 Å². The molecule has 1 N–H and O–H groups in total. The van der Waals surface area contributed by atoms with Crippen LogP contribution in [0.2, 0.25) is 0 Å². The van der Waals surface area contributed by atoms with Gasteiger partial charge >= 0.3 is 0 Å². The molecule has 3 rings (SSSR count). The van der Waals surface area contributed by atoms with Crippen molar-refractivity contribution in [3.8, 4) is 22.8 Å². The van der Waals surface area contributed by atoms with Crippen LogP contribution in [0.5, 0.6) is 11.6 Å². The highest BCUT2D eigenvalue weighted by Gasteiger charge is 2.06. The van der Waals surface area contributed by atoms with Gasteiger partial charge in [0, 0.05) is 25.9 Å². The first-order valence-corrected chi connectivity index (χ1v) is 7.74. The molecule has 5 heteroatoms. The Morgan fingerprint density at radius 1 is 0.958 bits per heavy atom. The molecule has 24 heavy (non-hydrogen) atoms. The Kier molecular flexibility index (Phi) is 5.03. The summed E-state index contributed by atoms with van der Waals surface area (Å²) >= 11 is 0. The van der Waals surface area contributed by atoms with Crippen LogP contribution < -0.4 is 9.64 Å². The van der Waals surface area contributed by atoms with Crippen molar-refractivity contribution in [3.63, 3.8) is 0 Å². The molecule has 0 atom stereocenters. The second-order valence-corrected chi connectivity index (χ2v) is 5.33. The summed E-state index contributed by atoms with van der Waals surface area (Å²) in [5, 5.41) is 8.99. The minimum absolute atomic E-state index is 0.0475. The lowest BCUT2D eigenvalue weighted by molar-refractivity contribution is 0.303. The molecule has 0 aliphatic carbocycles. The van der Waals surface area contributed by atoms with Crippen molar-refractivity contribution in [2.75, 3.05) is 25.1 Å². The van der Waals surface area contributed by atoms with Gasteiger partial charge in [-0.1, -0.05) is 42.5 Å². The van der Waals surface area contributed by atoms with Crippen molar-refractivity contribution in [1.82, 2.24) is 9.97 Å². The molecule has 5 nitrogen and oxygen atoms in total. The van der Waals surface area contributed by atoms with E-state index >= 15 is 0 Å². The molecule has 2 aromatic carbocycles. The van der Waals surface area contributed by atoms with Crippen LogP contribution in [0.1, 0.15) is 0 Å². The van der Waals surface area contributed by atoms with Crippen LogP contribution in [0.15, 0.2) is 66.9 Å². The lowest BCUT2D eigenvalue weighted by atomic mass is 10.1. The molecule has 1 heterocycles. The Balaban J connectivity index is 1.73. The molecule has 0 bridgehead atoms. The van der Waals surface area contributed by atoms with Gasteiger partial charge in [-0.2, -0.15) is 4.98 Å². The minimum Gasteiger partial charge on any atom is -0.439 e. The van der Waals surface area contributed by atoms with Crippen LogP contribution in [-0.4, -0.2) is 35.3 Å². The fourth-order valence-electron chi connectivity index (χ4n) is 2.29. The molecular weight excluding hydrogens is 302 g/mol. The lowest BCUT2D eigenvalue weighted by Crippen LogP contribution is -2.23. The van der Waals surface area contributed by atoms with Crippen LogP contribution >= 0.6 is 0 Å². The lowest BCUT2D eigenvalue weighted by Gasteiger charge is -2.15. The average Bonchev–Trinajstić information content (AvgIpc) is 2.63. The number of aliphatic hydroxyl groups is 1. The van der Waals surface area contributed by atoms with Crippen LogP contribution in [-0.2, 0) is 0 Å². The first kappa shape index (κ1) is 16.0. The number of aromatic nitrogens is 2. The van der Waals surface area contributed by atoms with E-state index in [-0.39, 0.29) is 6.61 Å². The maximum absolute atomic E-state index is 8.99. The number of likely N-dealkylation sites (N-methyl/N-ethyl adjacent to an activating group) is 1. The standard InChI is InChI=1S/C19H19N3O2/c1-22(13-14-23)19-20-12-11-18(21-19)24-17-9-7-16(8-10-17)15-5-3-2-4-6-15/h2-12,23H,13-14H2,1H3. The van der Waals surface area contributed by atoms with E-state index in [1.54, 1.807) is 17.2 Å². The largest absolute Gasteiger partial charge is 0.439 e. The summed E-state index contributed by atoms with van der Waals surface area (Å²) in [4.78, 5) is 10.3. The van der Waals surface area contributed by atoms with Gasteiger partial charge in [-0.3, -0.25) is 0 Å². The predicted octanol–water partition coefficient (Wildman–Crippen LogP) is 3.36. The van der Waals surface area contributed by atoms with Gasteiger partial charge in [0.2, 0.25) is 11.8 Å². The number of hydrogen-bond acceptors (Lipinski definition) is 5. The van der Waals surface area contributed by atoms with E-state index in [4.69, 9.17) is 9.84 Å². The number of hydrogen-bond donors (Lipinski definition) is 1. The second kappa shape index (κ2) is 7.57. The van der Waals surface area contributed by atoms with Gasteiger partial charge in [0.05, 0.1) is 6.61 Å². The normalized spacial score (nSPS) is 10.4. The van der Waals surface area contributed by atoms with E-state index in [0.717, 1.165) is 5.56 Å². The third-order valence-electron chi connectivity index (χ3n) is 3.58. The van der Waals surface area contributed by atoms with Crippen molar-refractivity contribution in [1.29, 1.82) is 0 Å².